The third-order valence-corrected chi connectivity index (χ3v) is 3.74. The monoisotopic (exact) mass is 346 g/mol. The summed E-state index contributed by atoms with van der Waals surface area (Å²) in [7, 11) is 0. The van der Waals surface area contributed by atoms with Gasteiger partial charge >= 0.3 is 5.97 Å². The van der Waals surface area contributed by atoms with Crippen molar-refractivity contribution in [3.8, 4) is 0 Å². The lowest BCUT2D eigenvalue weighted by Gasteiger charge is -2.27. The first-order chi connectivity index (χ1) is 10.4. The van der Waals surface area contributed by atoms with Gasteiger partial charge in [-0.25, -0.2) is 0 Å². The van der Waals surface area contributed by atoms with Crippen LogP contribution < -0.4 is 5.32 Å². The third kappa shape index (κ3) is 5.48. The summed E-state index contributed by atoms with van der Waals surface area (Å²) >= 11 is 11.9. The van der Waals surface area contributed by atoms with E-state index in [2.05, 4.69) is 5.32 Å². The number of anilines is 1. The summed E-state index contributed by atoms with van der Waals surface area (Å²) in [5, 5.41) is 12.7. The molecule has 1 unspecified atom stereocenters. The lowest BCUT2D eigenvalue weighted by molar-refractivity contribution is -0.143. The Hall–Kier alpha value is -1.30. The van der Waals surface area contributed by atoms with Crippen LogP contribution >= 0.6 is 23.2 Å². The van der Waals surface area contributed by atoms with Crippen molar-refractivity contribution < 1.29 is 14.7 Å². The first-order valence-corrected chi connectivity index (χ1v) is 7.86. The van der Waals surface area contributed by atoms with Crippen molar-refractivity contribution in [3.63, 3.8) is 0 Å². The van der Waals surface area contributed by atoms with Crippen LogP contribution in [0.3, 0.4) is 0 Å². The molecule has 0 fully saturated rings. The minimum atomic E-state index is -0.926. The molecule has 0 aromatic heterocycles. The Bertz CT molecular complexity index is 538. The average molecular weight is 347 g/mol. The van der Waals surface area contributed by atoms with Crippen LogP contribution in [0.15, 0.2) is 18.2 Å². The summed E-state index contributed by atoms with van der Waals surface area (Å²) in [4.78, 5) is 25.1. The van der Waals surface area contributed by atoms with E-state index in [0.717, 1.165) is 6.42 Å². The fraction of sp³-hybridized carbons (Fsp3) is 0.467. The van der Waals surface area contributed by atoms with Crippen molar-refractivity contribution in [2.24, 2.45) is 0 Å². The van der Waals surface area contributed by atoms with E-state index in [1.54, 1.807) is 30.0 Å². The molecule has 1 amide bonds. The Morgan fingerprint density at radius 2 is 2.00 bits per heavy atom. The molecule has 1 aromatic carbocycles. The van der Waals surface area contributed by atoms with Crippen LogP contribution in [0.1, 0.15) is 26.7 Å². The molecule has 122 valence electrons. The van der Waals surface area contributed by atoms with E-state index in [1.165, 1.54) is 0 Å². The Labute approximate surface area is 140 Å². The highest BCUT2D eigenvalue weighted by molar-refractivity contribution is 6.35. The molecule has 0 bridgehead atoms. The van der Waals surface area contributed by atoms with Crippen LogP contribution in [-0.4, -0.2) is 41.0 Å². The second-order valence-corrected chi connectivity index (χ2v) is 5.75. The summed E-state index contributed by atoms with van der Waals surface area (Å²) in [5.74, 6) is -1.25. The number of hydrogen-bond donors (Lipinski definition) is 2. The van der Waals surface area contributed by atoms with Gasteiger partial charge < -0.3 is 10.4 Å². The number of halogens is 2. The molecule has 0 aliphatic heterocycles. The molecular formula is C15H20Cl2N2O3. The number of carbonyl (C=O) groups is 2. The highest BCUT2D eigenvalue weighted by Gasteiger charge is 2.25. The number of hydrogen-bond acceptors (Lipinski definition) is 3. The van der Waals surface area contributed by atoms with Crippen molar-refractivity contribution >= 4 is 40.8 Å². The Morgan fingerprint density at radius 3 is 2.55 bits per heavy atom. The van der Waals surface area contributed by atoms with Crippen molar-refractivity contribution in [2.75, 3.05) is 18.4 Å². The standard InChI is InChI=1S/C15H20Cl2N2O3/c1-3-7-19(13(4-2)15(21)22)9-14(20)18-12-8-10(16)5-6-11(12)17/h5-6,8,13H,3-4,7,9H2,1-2H3,(H,18,20)(H,21,22). The molecule has 0 heterocycles. The second kappa shape index (κ2) is 8.98. The Balaban J connectivity index is 2.78. The molecule has 1 aromatic rings. The quantitative estimate of drug-likeness (QED) is 0.755. The molecule has 7 heteroatoms. The molecule has 5 nitrogen and oxygen atoms in total. The van der Waals surface area contributed by atoms with E-state index in [1.807, 2.05) is 6.92 Å². The maximum absolute atomic E-state index is 12.2. The predicted molar refractivity (Wildman–Crippen MR) is 88.7 cm³/mol. The Morgan fingerprint density at radius 1 is 1.32 bits per heavy atom. The van der Waals surface area contributed by atoms with Gasteiger partial charge in [0.2, 0.25) is 5.91 Å². The number of carbonyl (C=O) groups excluding carboxylic acids is 1. The molecule has 1 atom stereocenters. The van der Waals surface area contributed by atoms with Gasteiger partial charge in [-0.2, -0.15) is 0 Å². The van der Waals surface area contributed by atoms with Crippen LogP contribution in [0.4, 0.5) is 5.69 Å². The molecule has 0 aliphatic carbocycles. The van der Waals surface area contributed by atoms with Gasteiger partial charge in [-0.05, 0) is 37.6 Å². The summed E-state index contributed by atoms with van der Waals surface area (Å²) in [6.45, 7) is 4.24. The number of carboxylic acid groups (broad SMARTS) is 1. The lowest BCUT2D eigenvalue weighted by atomic mass is 10.2. The van der Waals surface area contributed by atoms with Gasteiger partial charge in [0.05, 0.1) is 17.3 Å². The SMILES string of the molecule is CCCN(CC(=O)Nc1cc(Cl)ccc1Cl)C(CC)C(=O)O. The van der Waals surface area contributed by atoms with Gasteiger partial charge in [-0.15, -0.1) is 0 Å². The number of benzene rings is 1. The topological polar surface area (TPSA) is 69.6 Å². The van der Waals surface area contributed by atoms with Crippen molar-refractivity contribution in [1.82, 2.24) is 4.90 Å². The van der Waals surface area contributed by atoms with Gasteiger partial charge in [0.1, 0.15) is 6.04 Å². The molecule has 1 rings (SSSR count). The van der Waals surface area contributed by atoms with Crippen molar-refractivity contribution in [1.29, 1.82) is 0 Å². The van der Waals surface area contributed by atoms with E-state index in [4.69, 9.17) is 23.2 Å². The zero-order valence-electron chi connectivity index (χ0n) is 12.6. The van der Waals surface area contributed by atoms with Gasteiger partial charge in [-0.1, -0.05) is 37.0 Å². The zero-order chi connectivity index (χ0) is 16.7. The van der Waals surface area contributed by atoms with Crippen LogP contribution in [0.2, 0.25) is 10.0 Å². The summed E-state index contributed by atoms with van der Waals surface area (Å²) in [6.07, 6.45) is 1.19. The summed E-state index contributed by atoms with van der Waals surface area (Å²) < 4.78 is 0. The fourth-order valence-corrected chi connectivity index (χ4v) is 2.53. The maximum Gasteiger partial charge on any atom is 0.320 e. The molecule has 22 heavy (non-hydrogen) atoms. The number of amides is 1. The highest BCUT2D eigenvalue weighted by Crippen LogP contribution is 2.25. The summed E-state index contributed by atoms with van der Waals surface area (Å²) in [6, 6.07) is 4.09. The highest BCUT2D eigenvalue weighted by atomic mass is 35.5. The molecule has 0 radical (unpaired) electrons. The summed E-state index contributed by atoms with van der Waals surface area (Å²) in [5.41, 5.74) is 0.416. The number of aliphatic carboxylic acids is 1. The van der Waals surface area contributed by atoms with Crippen LogP contribution in [0.25, 0.3) is 0 Å². The third-order valence-electron chi connectivity index (χ3n) is 3.17. The van der Waals surface area contributed by atoms with Gasteiger partial charge in [0, 0.05) is 5.02 Å². The fourth-order valence-electron chi connectivity index (χ4n) is 2.19. The maximum atomic E-state index is 12.2. The van der Waals surface area contributed by atoms with E-state index >= 15 is 0 Å². The molecule has 0 aliphatic rings. The Kier molecular flexibility index (Phi) is 7.65. The molecule has 0 saturated heterocycles. The minimum absolute atomic E-state index is 0.0124. The lowest BCUT2D eigenvalue weighted by Crippen LogP contribution is -2.45. The molecule has 2 N–H and O–H groups in total. The largest absolute Gasteiger partial charge is 0.480 e. The smallest absolute Gasteiger partial charge is 0.320 e. The van der Waals surface area contributed by atoms with Crippen molar-refractivity contribution in [2.45, 2.75) is 32.7 Å². The average Bonchev–Trinajstić information content (AvgIpc) is 2.43. The number of rotatable bonds is 8. The molecular weight excluding hydrogens is 327 g/mol. The van der Waals surface area contributed by atoms with E-state index < -0.39 is 12.0 Å². The van der Waals surface area contributed by atoms with Gasteiger partial charge in [0.15, 0.2) is 0 Å². The normalized spacial score (nSPS) is 12.2. The van der Waals surface area contributed by atoms with Gasteiger partial charge in [-0.3, -0.25) is 14.5 Å². The van der Waals surface area contributed by atoms with Crippen LogP contribution in [0.5, 0.6) is 0 Å². The number of nitrogens with one attached hydrogen (secondary N) is 1. The second-order valence-electron chi connectivity index (χ2n) is 4.91. The van der Waals surface area contributed by atoms with E-state index in [0.29, 0.717) is 28.7 Å². The minimum Gasteiger partial charge on any atom is -0.480 e. The molecule has 0 spiro atoms. The first-order valence-electron chi connectivity index (χ1n) is 7.10. The molecule has 0 saturated carbocycles. The predicted octanol–water partition coefficient (Wildman–Crippen LogP) is 3.51. The van der Waals surface area contributed by atoms with Crippen LogP contribution in [0, 0.1) is 0 Å². The van der Waals surface area contributed by atoms with E-state index in [-0.39, 0.29) is 12.5 Å². The van der Waals surface area contributed by atoms with Crippen LogP contribution in [-0.2, 0) is 9.59 Å². The number of carboxylic acids is 1. The van der Waals surface area contributed by atoms with Gasteiger partial charge in [0.25, 0.3) is 0 Å². The first kappa shape index (κ1) is 18.7. The zero-order valence-corrected chi connectivity index (χ0v) is 14.1. The number of nitrogens with zero attached hydrogens (tertiary/aromatic N) is 1. The van der Waals surface area contributed by atoms with Crippen molar-refractivity contribution in [3.05, 3.63) is 28.2 Å². The van der Waals surface area contributed by atoms with E-state index in [9.17, 15) is 14.7 Å².